The molecule has 0 saturated carbocycles. The van der Waals surface area contributed by atoms with Crippen LogP contribution in [0.4, 0.5) is 11.6 Å². The number of benzene rings is 3. The highest BCUT2D eigenvalue weighted by Crippen LogP contribution is 2.58. The second kappa shape index (κ2) is 8.62. The summed E-state index contributed by atoms with van der Waals surface area (Å²) < 4.78 is 13.0. The van der Waals surface area contributed by atoms with Crippen LogP contribution < -0.4 is 14.5 Å². The molecule has 0 bridgehead atoms. The van der Waals surface area contributed by atoms with Gasteiger partial charge in [-0.15, -0.1) is 0 Å². The van der Waals surface area contributed by atoms with E-state index in [1.54, 1.807) is 0 Å². The lowest BCUT2D eigenvalue weighted by Gasteiger charge is -2.37. The van der Waals surface area contributed by atoms with Gasteiger partial charge < -0.3 is 19.3 Å². The largest absolute Gasteiger partial charge is 0.440 e. The number of aromatic nitrogens is 2. The molecule has 6 rings (SSSR count). The van der Waals surface area contributed by atoms with Gasteiger partial charge in [-0.05, 0) is 32.0 Å². The van der Waals surface area contributed by atoms with E-state index >= 15 is 0 Å². The summed E-state index contributed by atoms with van der Waals surface area (Å²) in [4.78, 5) is 27.2. The Labute approximate surface area is 216 Å². The van der Waals surface area contributed by atoms with Crippen LogP contribution in [0.3, 0.4) is 0 Å². The van der Waals surface area contributed by atoms with Crippen molar-refractivity contribution >= 4 is 17.6 Å². The van der Waals surface area contributed by atoms with Crippen LogP contribution >= 0.6 is 0 Å². The highest BCUT2D eigenvalue weighted by Gasteiger charge is 2.56. The molecule has 1 unspecified atom stereocenters. The molecule has 0 aliphatic carbocycles. The first-order valence-electron chi connectivity index (χ1n) is 12.5. The predicted octanol–water partition coefficient (Wildman–Crippen LogP) is 5.62. The minimum Gasteiger partial charge on any atom is -0.440 e. The van der Waals surface area contributed by atoms with Gasteiger partial charge in [-0.2, -0.15) is 4.98 Å². The molecular weight excluding hydrogens is 464 g/mol. The Kier molecular flexibility index (Phi) is 5.37. The number of esters is 1. The molecule has 186 valence electrons. The molecule has 2 aliphatic heterocycles. The molecule has 1 aromatic heterocycles. The summed E-state index contributed by atoms with van der Waals surface area (Å²) in [5.74, 6) is 1.13. The van der Waals surface area contributed by atoms with E-state index in [4.69, 9.17) is 19.4 Å². The molecule has 3 aromatic carbocycles. The number of anilines is 2. The van der Waals surface area contributed by atoms with Crippen molar-refractivity contribution in [1.82, 2.24) is 9.97 Å². The summed E-state index contributed by atoms with van der Waals surface area (Å²) >= 11 is 0. The van der Waals surface area contributed by atoms with Gasteiger partial charge in [0, 0.05) is 55.6 Å². The average molecular weight is 493 g/mol. The Morgan fingerprint density at radius 2 is 1.59 bits per heavy atom. The van der Waals surface area contributed by atoms with Gasteiger partial charge in [0.1, 0.15) is 5.75 Å². The third-order valence-electron chi connectivity index (χ3n) is 7.12. The lowest BCUT2D eigenvalue weighted by Crippen LogP contribution is -2.35. The summed E-state index contributed by atoms with van der Waals surface area (Å²) in [6.07, 6.45) is 0. The Morgan fingerprint density at radius 3 is 2.32 bits per heavy atom. The highest BCUT2D eigenvalue weighted by atomic mass is 16.6. The summed E-state index contributed by atoms with van der Waals surface area (Å²) in [7, 11) is 3.79. The Hall–Kier alpha value is -4.39. The molecule has 3 heterocycles. The molecule has 2 aliphatic rings. The minimum atomic E-state index is -1.24. The minimum absolute atomic E-state index is 0.377. The lowest BCUT2D eigenvalue weighted by molar-refractivity contribution is 0.0222. The number of hydrogen-bond acceptors (Lipinski definition) is 7. The fraction of sp³-hybridized carbons (Fsp3) is 0.233. The zero-order valence-electron chi connectivity index (χ0n) is 21.4. The monoisotopic (exact) mass is 492 g/mol. The van der Waals surface area contributed by atoms with E-state index in [1.807, 2.05) is 85.7 Å². The first kappa shape index (κ1) is 23.0. The second-order valence-electron chi connectivity index (χ2n) is 9.38. The molecule has 4 aromatic rings. The van der Waals surface area contributed by atoms with E-state index in [2.05, 4.69) is 24.8 Å². The van der Waals surface area contributed by atoms with Crippen molar-refractivity contribution in [1.29, 1.82) is 0 Å². The van der Waals surface area contributed by atoms with Crippen molar-refractivity contribution in [3.05, 3.63) is 95.1 Å². The zero-order chi connectivity index (χ0) is 25.7. The lowest BCUT2D eigenvalue weighted by atomic mass is 9.77. The molecule has 0 fully saturated rings. The van der Waals surface area contributed by atoms with Crippen molar-refractivity contribution < 1.29 is 14.3 Å². The van der Waals surface area contributed by atoms with Crippen LogP contribution in [-0.2, 0) is 10.3 Å². The molecule has 0 amide bonds. The first-order chi connectivity index (χ1) is 18.0. The third kappa shape index (κ3) is 3.38. The predicted molar refractivity (Wildman–Crippen MR) is 144 cm³/mol. The van der Waals surface area contributed by atoms with E-state index < -0.39 is 5.60 Å². The number of nitrogens with zero attached hydrogens (tertiary/aromatic N) is 4. The van der Waals surface area contributed by atoms with Gasteiger partial charge in [-0.25, -0.2) is 9.78 Å². The fourth-order valence-corrected chi connectivity index (χ4v) is 5.34. The Bertz CT molecular complexity index is 1520. The summed E-state index contributed by atoms with van der Waals surface area (Å²) in [5.41, 5.74) is 4.02. The van der Waals surface area contributed by atoms with Crippen LogP contribution in [0.25, 0.3) is 11.3 Å². The van der Waals surface area contributed by atoms with Crippen LogP contribution in [-0.4, -0.2) is 43.1 Å². The first-order valence-corrected chi connectivity index (χ1v) is 12.5. The van der Waals surface area contributed by atoms with Gasteiger partial charge in [0.25, 0.3) is 0 Å². The van der Waals surface area contributed by atoms with Gasteiger partial charge in [-0.1, -0.05) is 48.5 Å². The van der Waals surface area contributed by atoms with Crippen LogP contribution in [0.2, 0.25) is 0 Å². The molecule has 37 heavy (non-hydrogen) atoms. The average Bonchev–Trinajstić information content (AvgIpc) is 3.21. The number of rotatable bonds is 5. The van der Waals surface area contributed by atoms with Crippen molar-refractivity contribution in [2.45, 2.75) is 19.4 Å². The maximum atomic E-state index is 13.3. The quantitative estimate of drug-likeness (QED) is 0.335. The van der Waals surface area contributed by atoms with Crippen LogP contribution in [0.15, 0.2) is 72.8 Å². The summed E-state index contributed by atoms with van der Waals surface area (Å²) in [6.45, 7) is 5.97. The summed E-state index contributed by atoms with van der Waals surface area (Å²) in [6, 6.07) is 23.5. The Morgan fingerprint density at radius 1 is 0.865 bits per heavy atom. The molecule has 0 radical (unpaired) electrons. The van der Waals surface area contributed by atoms with Crippen molar-refractivity contribution in [3.8, 4) is 22.9 Å². The second-order valence-corrected chi connectivity index (χ2v) is 9.38. The molecule has 7 nitrogen and oxygen atoms in total. The van der Waals surface area contributed by atoms with E-state index in [0.29, 0.717) is 34.4 Å². The van der Waals surface area contributed by atoms with E-state index in [9.17, 15) is 4.79 Å². The summed E-state index contributed by atoms with van der Waals surface area (Å²) in [5, 5.41) is 0. The number of fused-ring (bicyclic) bond motifs is 6. The van der Waals surface area contributed by atoms with Crippen molar-refractivity contribution in [2.24, 2.45) is 0 Å². The molecule has 1 atom stereocenters. The van der Waals surface area contributed by atoms with Gasteiger partial charge in [0.2, 0.25) is 11.8 Å². The maximum Gasteiger partial charge on any atom is 0.340 e. The third-order valence-corrected chi connectivity index (χ3v) is 7.12. The number of hydrogen-bond donors (Lipinski definition) is 0. The maximum absolute atomic E-state index is 13.3. The molecule has 0 N–H and O–H groups in total. The molecule has 0 saturated heterocycles. The van der Waals surface area contributed by atoms with E-state index in [1.165, 1.54) is 0 Å². The number of carbonyl (C=O) groups excluding carboxylic acids is 1. The zero-order valence-corrected chi connectivity index (χ0v) is 21.4. The van der Waals surface area contributed by atoms with E-state index in [-0.39, 0.29) is 5.97 Å². The topological polar surface area (TPSA) is 67.8 Å². The van der Waals surface area contributed by atoms with Crippen molar-refractivity contribution in [2.75, 3.05) is 37.0 Å². The smallest absolute Gasteiger partial charge is 0.340 e. The van der Waals surface area contributed by atoms with Gasteiger partial charge in [-0.3, -0.25) is 0 Å². The number of ether oxygens (including phenoxy) is 2. The van der Waals surface area contributed by atoms with Crippen LogP contribution in [0, 0.1) is 0 Å². The van der Waals surface area contributed by atoms with E-state index in [0.717, 1.165) is 35.5 Å². The Balaban J connectivity index is 1.71. The van der Waals surface area contributed by atoms with Gasteiger partial charge in [0.05, 0.1) is 16.8 Å². The highest BCUT2D eigenvalue weighted by molar-refractivity contribution is 5.97. The van der Waals surface area contributed by atoms with Gasteiger partial charge in [0.15, 0.2) is 5.60 Å². The standard InChI is InChI=1S/C30H28N4O3/c1-5-34(6-2)20-16-17-23-24(18-20)36-27-25(30(23)22-15-11-10-14-21(22)28(35)37-30)26(19-12-8-7-9-13-19)31-29(32-27)33(3)4/h7-18H,5-6H2,1-4H3. The van der Waals surface area contributed by atoms with Crippen molar-refractivity contribution in [3.63, 3.8) is 0 Å². The fourth-order valence-electron chi connectivity index (χ4n) is 5.34. The van der Waals surface area contributed by atoms with Crippen LogP contribution in [0.5, 0.6) is 11.6 Å². The number of carbonyl (C=O) groups is 1. The van der Waals surface area contributed by atoms with Gasteiger partial charge >= 0.3 is 5.97 Å². The normalized spacial score (nSPS) is 16.9. The molecular formula is C30H28N4O3. The molecule has 1 spiro atoms. The SMILES string of the molecule is CCN(CC)c1ccc2c(c1)Oc1nc(N(C)C)nc(-c3ccccc3)c1C21OC(=O)c2ccccc21. The van der Waals surface area contributed by atoms with Crippen LogP contribution in [0.1, 0.15) is 40.9 Å². The molecule has 7 heteroatoms.